The fourth-order valence-electron chi connectivity index (χ4n) is 1.35. The number of likely N-dealkylation sites (tertiary alicyclic amines) is 1. The third kappa shape index (κ3) is 2.63. The molecular formula is C9H8F3N3O2. The van der Waals surface area contributed by atoms with Crippen LogP contribution in [0.2, 0.25) is 0 Å². The minimum atomic E-state index is -4.83. The van der Waals surface area contributed by atoms with Gasteiger partial charge in [0.1, 0.15) is 6.10 Å². The first kappa shape index (κ1) is 11.6. The van der Waals surface area contributed by atoms with Gasteiger partial charge in [-0.2, -0.15) is 13.2 Å². The summed E-state index contributed by atoms with van der Waals surface area (Å²) in [6.45, 7) is -0.201. The van der Waals surface area contributed by atoms with E-state index < -0.39 is 18.2 Å². The van der Waals surface area contributed by atoms with E-state index in [1.807, 2.05) is 0 Å². The Kier molecular flexibility index (Phi) is 2.86. The Morgan fingerprint density at radius 1 is 1.35 bits per heavy atom. The number of carbonyl (C=O) groups is 1. The van der Waals surface area contributed by atoms with E-state index in [1.54, 1.807) is 6.07 Å². The quantitative estimate of drug-likeness (QED) is 0.769. The standard InChI is InChI=1S/C9H8F3N3O2/c10-9(11,12)7(16)15-4-6(5-15)17-8-13-2-1-3-14-8/h1-3,6H,4-5H2. The second kappa shape index (κ2) is 4.19. The van der Waals surface area contributed by atoms with Gasteiger partial charge in [-0.3, -0.25) is 4.79 Å². The molecule has 0 atom stereocenters. The summed E-state index contributed by atoms with van der Waals surface area (Å²) in [6, 6.07) is 1.68. The number of halogens is 3. The molecule has 1 aromatic heterocycles. The molecule has 92 valence electrons. The summed E-state index contributed by atoms with van der Waals surface area (Å²) in [4.78, 5) is 19.0. The zero-order chi connectivity index (χ0) is 12.5. The Bertz CT molecular complexity index is 404. The number of ether oxygens (including phenoxy) is 1. The first-order valence-corrected chi connectivity index (χ1v) is 4.76. The Hall–Kier alpha value is -1.86. The molecule has 0 N–H and O–H groups in total. The lowest BCUT2D eigenvalue weighted by Gasteiger charge is -2.38. The summed E-state index contributed by atoms with van der Waals surface area (Å²) in [5.74, 6) is -1.84. The first-order valence-electron chi connectivity index (χ1n) is 4.76. The average Bonchev–Trinajstić information content (AvgIpc) is 2.22. The number of amides is 1. The van der Waals surface area contributed by atoms with Crippen LogP contribution in [-0.2, 0) is 4.79 Å². The third-order valence-corrected chi connectivity index (χ3v) is 2.19. The van der Waals surface area contributed by atoms with Crippen molar-refractivity contribution < 1.29 is 22.7 Å². The number of hydrogen-bond donors (Lipinski definition) is 0. The summed E-state index contributed by atoms with van der Waals surface area (Å²) in [7, 11) is 0. The van der Waals surface area contributed by atoms with Crippen LogP contribution >= 0.6 is 0 Å². The highest BCUT2D eigenvalue weighted by molar-refractivity contribution is 5.82. The van der Waals surface area contributed by atoms with E-state index in [-0.39, 0.29) is 19.1 Å². The molecule has 0 bridgehead atoms. The van der Waals surface area contributed by atoms with Crippen molar-refractivity contribution in [2.24, 2.45) is 0 Å². The van der Waals surface area contributed by atoms with Gasteiger partial charge in [0.25, 0.3) is 0 Å². The van der Waals surface area contributed by atoms with Crippen molar-refractivity contribution in [1.29, 1.82) is 0 Å². The van der Waals surface area contributed by atoms with Crippen molar-refractivity contribution in [1.82, 2.24) is 14.9 Å². The minimum Gasteiger partial charge on any atom is -0.456 e. The highest BCUT2D eigenvalue weighted by atomic mass is 19.4. The van der Waals surface area contributed by atoms with Gasteiger partial charge in [0.2, 0.25) is 0 Å². The second-order valence-corrected chi connectivity index (χ2v) is 3.48. The van der Waals surface area contributed by atoms with Crippen LogP contribution in [0.25, 0.3) is 0 Å². The molecule has 8 heteroatoms. The lowest BCUT2D eigenvalue weighted by molar-refractivity contribution is -0.193. The van der Waals surface area contributed by atoms with E-state index in [4.69, 9.17) is 4.74 Å². The van der Waals surface area contributed by atoms with Gasteiger partial charge in [-0.15, -0.1) is 0 Å². The van der Waals surface area contributed by atoms with Gasteiger partial charge in [0.15, 0.2) is 0 Å². The van der Waals surface area contributed by atoms with Crippen molar-refractivity contribution in [3.63, 3.8) is 0 Å². The van der Waals surface area contributed by atoms with Crippen molar-refractivity contribution in [2.45, 2.75) is 12.3 Å². The van der Waals surface area contributed by atoms with Gasteiger partial charge in [0.05, 0.1) is 13.1 Å². The maximum absolute atomic E-state index is 12.0. The number of carbonyl (C=O) groups excluding carboxylic acids is 1. The number of hydrogen-bond acceptors (Lipinski definition) is 4. The average molecular weight is 247 g/mol. The maximum atomic E-state index is 12.0. The van der Waals surface area contributed by atoms with E-state index in [0.29, 0.717) is 4.90 Å². The molecule has 0 aliphatic carbocycles. The summed E-state index contributed by atoms with van der Waals surface area (Å²) < 4.78 is 41.2. The molecule has 0 spiro atoms. The number of aromatic nitrogens is 2. The Morgan fingerprint density at radius 3 is 2.47 bits per heavy atom. The largest absolute Gasteiger partial charge is 0.471 e. The van der Waals surface area contributed by atoms with Gasteiger partial charge in [-0.05, 0) is 6.07 Å². The smallest absolute Gasteiger partial charge is 0.456 e. The molecule has 2 rings (SSSR count). The van der Waals surface area contributed by atoms with E-state index in [9.17, 15) is 18.0 Å². The third-order valence-electron chi connectivity index (χ3n) is 2.19. The highest BCUT2D eigenvalue weighted by Crippen LogP contribution is 2.23. The van der Waals surface area contributed by atoms with E-state index in [1.165, 1.54) is 12.4 Å². The molecule has 0 aromatic carbocycles. The Morgan fingerprint density at radius 2 is 1.94 bits per heavy atom. The van der Waals surface area contributed by atoms with Crippen LogP contribution in [0.3, 0.4) is 0 Å². The zero-order valence-electron chi connectivity index (χ0n) is 8.52. The van der Waals surface area contributed by atoms with E-state index >= 15 is 0 Å². The predicted molar refractivity (Wildman–Crippen MR) is 49.1 cm³/mol. The molecule has 1 saturated heterocycles. The van der Waals surface area contributed by atoms with Gasteiger partial charge < -0.3 is 9.64 Å². The SMILES string of the molecule is O=C(N1CC(Oc2ncccn2)C1)C(F)(F)F. The molecule has 1 aliphatic rings. The summed E-state index contributed by atoms with van der Waals surface area (Å²) in [6.07, 6.45) is -2.39. The Balaban J connectivity index is 1.82. The topological polar surface area (TPSA) is 55.3 Å². The number of alkyl halides is 3. The molecule has 1 aliphatic heterocycles. The monoisotopic (exact) mass is 247 g/mol. The van der Waals surface area contributed by atoms with Gasteiger partial charge in [-0.25, -0.2) is 9.97 Å². The van der Waals surface area contributed by atoms with Crippen LogP contribution in [0, 0.1) is 0 Å². The fraction of sp³-hybridized carbons (Fsp3) is 0.444. The number of nitrogens with zero attached hydrogens (tertiary/aromatic N) is 3. The molecule has 1 aromatic rings. The van der Waals surface area contributed by atoms with Crippen LogP contribution in [0.4, 0.5) is 13.2 Å². The number of rotatable bonds is 2. The van der Waals surface area contributed by atoms with Crippen LogP contribution in [0.5, 0.6) is 6.01 Å². The predicted octanol–water partition coefficient (Wildman–Crippen LogP) is 0.628. The first-order chi connectivity index (χ1) is 7.97. The van der Waals surface area contributed by atoms with E-state index in [2.05, 4.69) is 9.97 Å². The molecule has 0 radical (unpaired) electrons. The van der Waals surface area contributed by atoms with Crippen molar-refractivity contribution in [3.05, 3.63) is 18.5 Å². The minimum absolute atomic E-state index is 0.0941. The molecule has 0 unspecified atom stereocenters. The summed E-state index contributed by atoms with van der Waals surface area (Å²) >= 11 is 0. The van der Waals surface area contributed by atoms with Crippen LogP contribution in [0.1, 0.15) is 0 Å². The molecule has 17 heavy (non-hydrogen) atoms. The highest BCUT2D eigenvalue weighted by Gasteiger charge is 2.47. The maximum Gasteiger partial charge on any atom is 0.471 e. The van der Waals surface area contributed by atoms with Crippen LogP contribution < -0.4 is 4.74 Å². The summed E-state index contributed by atoms with van der Waals surface area (Å²) in [5, 5.41) is 0. The van der Waals surface area contributed by atoms with Gasteiger partial charge in [-0.1, -0.05) is 0 Å². The van der Waals surface area contributed by atoms with Crippen molar-refractivity contribution in [2.75, 3.05) is 13.1 Å². The van der Waals surface area contributed by atoms with E-state index in [0.717, 1.165) is 0 Å². The molecular weight excluding hydrogens is 239 g/mol. The normalized spacial score (nSPS) is 16.5. The van der Waals surface area contributed by atoms with Crippen molar-refractivity contribution in [3.8, 4) is 6.01 Å². The van der Waals surface area contributed by atoms with Gasteiger partial charge >= 0.3 is 18.1 Å². The van der Waals surface area contributed by atoms with Crippen LogP contribution in [0.15, 0.2) is 18.5 Å². The fourth-order valence-corrected chi connectivity index (χ4v) is 1.35. The molecule has 1 fully saturated rings. The van der Waals surface area contributed by atoms with Crippen LogP contribution in [-0.4, -0.2) is 46.1 Å². The Labute approximate surface area is 94.2 Å². The molecule has 0 saturated carbocycles. The lowest BCUT2D eigenvalue weighted by Crippen LogP contribution is -2.59. The van der Waals surface area contributed by atoms with Crippen molar-refractivity contribution >= 4 is 5.91 Å². The second-order valence-electron chi connectivity index (χ2n) is 3.48. The molecule has 1 amide bonds. The zero-order valence-corrected chi connectivity index (χ0v) is 8.52. The lowest BCUT2D eigenvalue weighted by atomic mass is 10.1. The molecule has 2 heterocycles. The summed E-state index contributed by atoms with van der Waals surface area (Å²) in [5.41, 5.74) is 0. The molecule has 5 nitrogen and oxygen atoms in total. The van der Waals surface area contributed by atoms with Gasteiger partial charge in [0, 0.05) is 12.4 Å².